The maximum atomic E-state index is 13.0. The van der Waals surface area contributed by atoms with Crippen molar-refractivity contribution >= 4 is 21.6 Å². The van der Waals surface area contributed by atoms with Gasteiger partial charge in [0.05, 0.1) is 38.4 Å². The van der Waals surface area contributed by atoms with Crippen LogP contribution in [0.1, 0.15) is 17.5 Å². The number of morpholine rings is 2. The van der Waals surface area contributed by atoms with Crippen molar-refractivity contribution in [2.75, 3.05) is 64.6 Å². The first-order chi connectivity index (χ1) is 17.0. The number of hydrogen-bond acceptors (Lipinski definition) is 7. The molecule has 2 fully saturated rings. The van der Waals surface area contributed by atoms with Crippen molar-refractivity contribution in [3.05, 3.63) is 53.6 Å². The molecule has 2 aliphatic heterocycles. The highest BCUT2D eigenvalue weighted by Crippen LogP contribution is 2.26. The Balaban J connectivity index is 1.32. The van der Waals surface area contributed by atoms with Gasteiger partial charge in [0.2, 0.25) is 15.9 Å². The number of aryl methyl sites for hydroxylation is 1. The number of ether oxygens (including phenoxy) is 3. The van der Waals surface area contributed by atoms with Crippen molar-refractivity contribution in [1.29, 1.82) is 0 Å². The number of amides is 1. The van der Waals surface area contributed by atoms with Crippen LogP contribution in [0.4, 0.5) is 5.69 Å². The first kappa shape index (κ1) is 25.4. The summed E-state index contributed by atoms with van der Waals surface area (Å²) in [5.41, 5.74) is 2.86. The average molecular weight is 504 g/mol. The van der Waals surface area contributed by atoms with Crippen LogP contribution in [0.25, 0.3) is 0 Å². The van der Waals surface area contributed by atoms with Crippen molar-refractivity contribution in [3.8, 4) is 5.75 Å². The lowest BCUT2D eigenvalue weighted by Crippen LogP contribution is -2.40. The minimum Gasteiger partial charge on any atom is -0.496 e. The zero-order chi connectivity index (χ0) is 24.7. The summed E-state index contributed by atoms with van der Waals surface area (Å²) in [6, 6.07) is 13.0. The van der Waals surface area contributed by atoms with Crippen molar-refractivity contribution in [2.24, 2.45) is 0 Å². The zero-order valence-corrected chi connectivity index (χ0v) is 20.9. The Labute approximate surface area is 207 Å². The van der Waals surface area contributed by atoms with Gasteiger partial charge in [-0.3, -0.25) is 4.79 Å². The van der Waals surface area contributed by atoms with E-state index in [1.807, 2.05) is 12.1 Å². The van der Waals surface area contributed by atoms with E-state index >= 15 is 0 Å². The molecule has 0 atom stereocenters. The molecule has 0 bridgehead atoms. The number of rotatable bonds is 9. The van der Waals surface area contributed by atoms with Gasteiger partial charge in [-0.15, -0.1) is 0 Å². The SMILES string of the molecule is COc1ccc(S(=O)(=O)N2CCOCC2)cc1CCC(=O)NCc1ccc(N2CCOCC2)cc1. The van der Waals surface area contributed by atoms with Crippen LogP contribution in [0.3, 0.4) is 0 Å². The third kappa shape index (κ3) is 6.52. The molecule has 2 aliphatic rings. The number of nitrogens with zero attached hydrogens (tertiary/aromatic N) is 2. The van der Waals surface area contributed by atoms with Crippen LogP contribution in [0.5, 0.6) is 5.75 Å². The Kier molecular flexibility index (Phi) is 8.61. The summed E-state index contributed by atoms with van der Waals surface area (Å²) in [5.74, 6) is 0.461. The quantitative estimate of drug-likeness (QED) is 0.557. The number of carbonyl (C=O) groups is 1. The van der Waals surface area contributed by atoms with E-state index in [4.69, 9.17) is 14.2 Å². The summed E-state index contributed by atoms with van der Waals surface area (Å²) in [6.45, 7) is 5.12. The largest absolute Gasteiger partial charge is 0.496 e. The molecule has 2 heterocycles. The maximum Gasteiger partial charge on any atom is 0.243 e. The number of sulfonamides is 1. The average Bonchev–Trinajstić information content (AvgIpc) is 2.91. The number of methoxy groups -OCH3 is 1. The van der Waals surface area contributed by atoms with Crippen LogP contribution < -0.4 is 15.0 Å². The van der Waals surface area contributed by atoms with E-state index in [0.29, 0.717) is 50.6 Å². The molecule has 35 heavy (non-hydrogen) atoms. The second kappa shape index (κ2) is 11.9. The summed E-state index contributed by atoms with van der Waals surface area (Å²) in [7, 11) is -2.08. The molecule has 4 rings (SSSR count). The first-order valence-corrected chi connectivity index (χ1v) is 13.3. The summed E-state index contributed by atoms with van der Waals surface area (Å²) >= 11 is 0. The number of nitrogens with one attached hydrogen (secondary N) is 1. The standard InChI is InChI=1S/C25H33N3O6S/c1-32-24-8-7-23(35(30,31)28-12-16-34-17-13-28)18-21(24)4-9-25(29)26-19-20-2-5-22(6-3-20)27-10-14-33-15-11-27/h2-3,5-8,18H,4,9-17,19H2,1H3,(H,26,29). The summed E-state index contributed by atoms with van der Waals surface area (Å²) < 4.78 is 43.5. The highest BCUT2D eigenvalue weighted by molar-refractivity contribution is 7.89. The smallest absolute Gasteiger partial charge is 0.243 e. The van der Waals surface area contributed by atoms with Crippen LogP contribution in [0.2, 0.25) is 0 Å². The molecule has 0 saturated carbocycles. The van der Waals surface area contributed by atoms with Gasteiger partial charge < -0.3 is 24.4 Å². The highest BCUT2D eigenvalue weighted by Gasteiger charge is 2.27. The van der Waals surface area contributed by atoms with E-state index in [-0.39, 0.29) is 17.2 Å². The minimum absolute atomic E-state index is 0.106. The van der Waals surface area contributed by atoms with Gasteiger partial charge in [0.15, 0.2) is 0 Å². The lowest BCUT2D eigenvalue weighted by atomic mass is 10.1. The zero-order valence-electron chi connectivity index (χ0n) is 20.1. The number of hydrogen-bond donors (Lipinski definition) is 1. The van der Waals surface area contributed by atoms with Crippen LogP contribution in [0, 0.1) is 0 Å². The lowest BCUT2D eigenvalue weighted by molar-refractivity contribution is -0.121. The highest BCUT2D eigenvalue weighted by atomic mass is 32.2. The number of anilines is 1. The molecule has 0 radical (unpaired) electrons. The van der Waals surface area contributed by atoms with Gasteiger partial charge in [-0.25, -0.2) is 8.42 Å². The Hall–Kier alpha value is -2.66. The monoisotopic (exact) mass is 503 g/mol. The van der Waals surface area contributed by atoms with Gasteiger partial charge in [-0.1, -0.05) is 12.1 Å². The van der Waals surface area contributed by atoms with Gasteiger partial charge in [-0.05, 0) is 47.9 Å². The fraction of sp³-hybridized carbons (Fsp3) is 0.480. The summed E-state index contributed by atoms with van der Waals surface area (Å²) in [6.07, 6.45) is 0.598. The third-order valence-corrected chi connectivity index (χ3v) is 8.18. The molecule has 0 spiro atoms. The predicted octanol–water partition coefficient (Wildman–Crippen LogP) is 1.80. The number of benzene rings is 2. The van der Waals surface area contributed by atoms with E-state index in [2.05, 4.69) is 22.3 Å². The third-order valence-electron chi connectivity index (χ3n) is 6.28. The minimum atomic E-state index is -3.62. The van der Waals surface area contributed by atoms with Crippen molar-refractivity contribution in [2.45, 2.75) is 24.3 Å². The molecule has 1 N–H and O–H groups in total. The van der Waals surface area contributed by atoms with Gasteiger partial charge in [0.1, 0.15) is 5.75 Å². The molecule has 0 unspecified atom stereocenters. The molecule has 9 nitrogen and oxygen atoms in total. The van der Waals surface area contributed by atoms with E-state index < -0.39 is 10.0 Å². The van der Waals surface area contributed by atoms with Crippen LogP contribution in [-0.4, -0.2) is 78.3 Å². The molecule has 1 amide bonds. The molecule has 2 aromatic carbocycles. The van der Waals surface area contributed by atoms with Crippen molar-refractivity contribution in [3.63, 3.8) is 0 Å². The van der Waals surface area contributed by atoms with Gasteiger partial charge in [-0.2, -0.15) is 4.31 Å². The van der Waals surface area contributed by atoms with Crippen molar-refractivity contribution in [1.82, 2.24) is 9.62 Å². The van der Waals surface area contributed by atoms with E-state index in [9.17, 15) is 13.2 Å². The normalized spacial score (nSPS) is 17.2. The van der Waals surface area contributed by atoms with Gasteiger partial charge in [0.25, 0.3) is 0 Å². The van der Waals surface area contributed by atoms with E-state index in [1.165, 1.54) is 11.4 Å². The van der Waals surface area contributed by atoms with E-state index in [0.717, 1.165) is 37.6 Å². The molecule has 10 heteroatoms. The predicted molar refractivity (Wildman–Crippen MR) is 132 cm³/mol. The van der Waals surface area contributed by atoms with Gasteiger partial charge in [0, 0.05) is 44.8 Å². The molecule has 0 aromatic heterocycles. The molecule has 190 valence electrons. The van der Waals surface area contributed by atoms with Crippen LogP contribution in [-0.2, 0) is 37.3 Å². The Bertz CT molecular complexity index is 1090. The molecule has 0 aliphatic carbocycles. The molecular formula is C25H33N3O6S. The van der Waals surface area contributed by atoms with Crippen LogP contribution >= 0.6 is 0 Å². The lowest BCUT2D eigenvalue weighted by Gasteiger charge is -2.28. The van der Waals surface area contributed by atoms with Gasteiger partial charge >= 0.3 is 0 Å². The summed E-state index contributed by atoms with van der Waals surface area (Å²) in [4.78, 5) is 15.0. The second-order valence-electron chi connectivity index (χ2n) is 8.53. The second-order valence-corrected chi connectivity index (χ2v) is 10.5. The Morgan fingerprint density at radius 1 is 0.971 bits per heavy atom. The summed E-state index contributed by atoms with van der Waals surface area (Å²) in [5, 5.41) is 2.95. The van der Waals surface area contributed by atoms with Crippen molar-refractivity contribution < 1.29 is 27.4 Å². The Morgan fingerprint density at radius 2 is 1.63 bits per heavy atom. The van der Waals surface area contributed by atoms with E-state index in [1.54, 1.807) is 18.2 Å². The molecule has 2 aromatic rings. The maximum absolute atomic E-state index is 13.0. The first-order valence-electron chi connectivity index (χ1n) is 11.9. The molecular weight excluding hydrogens is 470 g/mol. The number of carbonyl (C=O) groups excluding carboxylic acids is 1. The van der Waals surface area contributed by atoms with Crippen LogP contribution in [0.15, 0.2) is 47.4 Å². The topological polar surface area (TPSA) is 97.4 Å². The molecule has 2 saturated heterocycles. The fourth-order valence-electron chi connectivity index (χ4n) is 4.23. The Morgan fingerprint density at radius 3 is 2.29 bits per heavy atom. The fourth-order valence-corrected chi connectivity index (χ4v) is 5.69.